The number of thioether (sulfide) groups is 1. The number of esters is 1. The topological polar surface area (TPSA) is 80.7 Å². The molecule has 0 aromatic rings. The van der Waals surface area contributed by atoms with Gasteiger partial charge in [-0.1, -0.05) is 90.4 Å². The number of carbonyl (C=O) groups is 3. The minimum absolute atomic E-state index is 0.0224. The summed E-state index contributed by atoms with van der Waals surface area (Å²) >= 11 is 0.429. The van der Waals surface area contributed by atoms with Crippen molar-refractivity contribution in [2.45, 2.75) is 160 Å². The van der Waals surface area contributed by atoms with Crippen molar-refractivity contribution >= 4 is 28.6 Å². The minimum atomic E-state index is -2.32. The van der Waals surface area contributed by atoms with Gasteiger partial charge in [-0.3, -0.25) is 14.4 Å². The molecule has 3 saturated carbocycles. The van der Waals surface area contributed by atoms with Crippen LogP contribution in [0.15, 0.2) is 36.0 Å². The Hall–Kier alpha value is -1.87. The summed E-state index contributed by atoms with van der Waals surface area (Å²) in [6, 6.07) is -1.02. The summed E-state index contributed by atoms with van der Waals surface area (Å²) in [6.45, 7) is 7.23. The van der Waals surface area contributed by atoms with Gasteiger partial charge in [0.15, 0.2) is 17.1 Å². The Morgan fingerprint density at radius 3 is 2.22 bits per heavy atom. The van der Waals surface area contributed by atoms with Crippen molar-refractivity contribution < 1.29 is 37.4 Å². The zero-order valence-electron chi connectivity index (χ0n) is 30.1. The molecule has 0 aromatic carbocycles. The van der Waals surface area contributed by atoms with Crippen molar-refractivity contribution in [3.63, 3.8) is 0 Å². The predicted molar refractivity (Wildman–Crippen MR) is 190 cm³/mol. The molecule has 0 radical (unpaired) electrons. The van der Waals surface area contributed by atoms with Crippen molar-refractivity contribution in [3.8, 4) is 0 Å². The van der Waals surface area contributed by atoms with Gasteiger partial charge in [0, 0.05) is 29.1 Å². The van der Waals surface area contributed by atoms with Crippen LogP contribution in [0.2, 0.25) is 0 Å². The summed E-state index contributed by atoms with van der Waals surface area (Å²) in [7, 11) is 0. The van der Waals surface area contributed by atoms with Gasteiger partial charge < -0.3 is 9.84 Å². The summed E-state index contributed by atoms with van der Waals surface area (Å²) in [5.41, 5.74) is -6.90. The molecule has 3 fully saturated rings. The van der Waals surface area contributed by atoms with E-state index in [1.54, 1.807) is 13.8 Å². The van der Waals surface area contributed by atoms with E-state index in [1.807, 2.05) is 0 Å². The van der Waals surface area contributed by atoms with Crippen molar-refractivity contribution in [2.75, 3.05) is 6.01 Å². The standard InChI is InChI=1S/C40H59F3O5S/c1-5-6-7-8-9-10-11-12-13-14-15-16-17-18-19-20-35(46)48-40(36(47)49-27-41)28(2)23-30-31-25-33(42)32-24-29(44)21-22-37(32,3)39(31,43)34(45)26-38(30,40)4/h12-13,21-22,24,28,30-31,33-34,45H,5-11,14-20,23,25-27H2,1-4H3/b13-12+/t28-,30+,31+,33+,34+,37+,38+,39+,40+/m1/s1. The average Bonchev–Trinajstić information content (AvgIpc) is 3.27. The van der Waals surface area contributed by atoms with Crippen LogP contribution < -0.4 is 0 Å². The van der Waals surface area contributed by atoms with Crippen LogP contribution in [0.3, 0.4) is 0 Å². The maximum absolute atomic E-state index is 17.6. The van der Waals surface area contributed by atoms with Crippen LogP contribution in [0, 0.1) is 28.6 Å². The molecule has 0 heterocycles. The van der Waals surface area contributed by atoms with Crippen molar-refractivity contribution in [3.05, 3.63) is 36.0 Å². The van der Waals surface area contributed by atoms with Gasteiger partial charge in [0.25, 0.3) is 0 Å². The van der Waals surface area contributed by atoms with Gasteiger partial charge in [-0.2, -0.15) is 0 Å². The van der Waals surface area contributed by atoms with Crippen LogP contribution in [-0.2, 0) is 19.1 Å². The van der Waals surface area contributed by atoms with Crippen LogP contribution in [0.5, 0.6) is 0 Å². The van der Waals surface area contributed by atoms with Crippen LogP contribution >= 0.6 is 11.8 Å². The van der Waals surface area contributed by atoms with Crippen LogP contribution in [0.25, 0.3) is 0 Å². The maximum atomic E-state index is 17.6. The number of halogens is 3. The molecule has 4 aliphatic rings. The zero-order valence-corrected chi connectivity index (χ0v) is 30.9. The molecule has 9 atom stereocenters. The fourth-order valence-corrected chi connectivity index (χ4v) is 10.7. The van der Waals surface area contributed by atoms with E-state index in [4.69, 9.17) is 4.74 Å². The van der Waals surface area contributed by atoms with E-state index in [-0.39, 0.29) is 31.3 Å². The van der Waals surface area contributed by atoms with Gasteiger partial charge in [0.1, 0.15) is 12.2 Å². The second kappa shape index (κ2) is 17.1. The van der Waals surface area contributed by atoms with Crippen LogP contribution in [0.1, 0.15) is 137 Å². The number of ether oxygens (including phenoxy) is 1. The highest BCUT2D eigenvalue weighted by atomic mass is 32.2. The van der Waals surface area contributed by atoms with Crippen molar-refractivity contribution in [2.24, 2.45) is 28.6 Å². The van der Waals surface area contributed by atoms with Gasteiger partial charge in [-0.25, -0.2) is 13.2 Å². The molecule has 5 nitrogen and oxygen atoms in total. The largest absolute Gasteiger partial charge is 0.449 e. The lowest BCUT2D eigenvalue weighted by Crippen LogP contribution is -2.70. The zero-order chi connectivity index (χ0) is 35.9. The predicted octanol–water partition coefficient (Wildman–Crippen LogP) is 10.1. The molecule has 0 aliphatic heterocycles. The number of allylic oxidation sites excluding steroid dienone is 6. The Morgan fingerprint density at radius 1 is 0.980 bits per heavy atom. The highest BCUT2D eigenvalue weighted by Crippen LogP contribution is 2.72. The molecule has 0 saturated heterocycles. The van der Waals surface area contributed by atoms with E-state index in [1.165, 1.54) is 57.6 Å². The smallest absolute Gasteiger partial charge is 0.306 e. The summed E-state index contributed by atoms with van der Waals surface area (Å²) < 4.78 is 53.3. The Kier molecular flexibility index (Phi) is 13.9. The fourth-order valence-electron chi connectivity index (χ4n) is 9.95. The normalized spacial score (nSPS) is 36.7. The molecule has 4 aliphatic carbocycles. The number of rotatable bonds is 18. The van der Waals surface area contributed by atoms with Crippen LogP contribution in [-0.4, -0.2) is 51.5 Å². The number of carbonyl (C=O) groups excluding carboxylic acids is 3. The van der Waals surface area contributed by atoms with Gasteiger partial charge in [-0.05, 0) is 93.7 Å². The first-order chi connectivity index (χ1) is 23.3. The monoisotopic (exact) mass is 708 g/mol. The summed E-state index contributed by atoms with van der Waals surface area (Å²) in [4.78, 5) is 39.4. The molecule has 0 unspecified atom stereocenters. The number of ketones is 1. The summed E-state index contributed by atoms with van der Waals surface area (Å²) in [5.74, 6) is -3.24. The van der Waals surface area contributed by atoms with Gasteiger partial charge in [0.05, 0.1) is 6.10 Å². The lowest BCUT2D eigenvalue weighted by molar-refractivity contribution is -0.228. The first kappa shape index (κ1) is 39.9. The average molecular weight is 709 g/mol. The fraction of sp³-hybridized carbons (Fsp3) is 0.775. The number of alkyl halides is 3. The second-order valence-electron chi connectivity index (χ2n) is 15.6. The van der Waals surface area contributed by atoms with E-state index >= 15 is 8.78 Å². The molecule has 4 rings (SSSR count). The number of aliphatic hydroxyl groups excluding tert-OH is 1. The van der Waals surface area contributed by atoms with E-state index in [2.05, 4.69) is 19.1 Å². The molecule has 276 valence electrons. The number of hydrogen-bond acceptors (Lipinski definition) is 6. The molecule has 9 heteroatoms. The first-order valence-corrected chi connectivity index (χ1v) is 19.9. The van der Waals surface area contributed by atoms with E-state index < -0.39 is 75.0 Å². The molecular formula is C40H59F3O5S. The third-order valence-corrected chi connectivity index (χ3v) is 13.2. The molecule has 1 N–H and O–H groups in total. The van der Waals surface area contributed by atoms with Gasteiger partial charge in [-0.15, -0.1) is 0 Å². The van der Waals surface area contributed by atoms with Gasteiger partial charge >= 0.3 is 5.97 Å². The Balaban J connectivity index is 1.36. The molecule has 0 amide bonds. The van der Waals surface area contributed by atoms with E-state index in [0.717, 1.165) is 44.6 Å². The maximum Gasteiger partial charge on any atom is 0.306 e. The highest BCUT2D eigenvalue weighted by molar-refractivity contribution is 8.13. The molecule has 0 aromatic heterocycles. The second-order valence-corrected chi connectivity index (χ2v) is 16.5. The lowest BCUT2D eigenvalue weighted by Gasteiger charge is -2.63. The molecule has 0 spiro atoms. The van der Waals surface area contributed by atoms with Crippen molar-refractivity contribution in [1.82, 2.24) is 0 Å². The highest BCUT2D eigenvalue weighted by Gasteiger charge is 2.78. The number of hydrogen-bond donors (Lipinski definition) is 1. The Morgan fingerprint density at radius 2 is 1.59 bits per heavy atom. The molecular weight excluding hydrogens is 649 g/mol. The third kappa shape index (κ3) is 7.68. The van der Waals surface area contributed by atoms with E-state index in [0.29, 0.717) is 18.2 Å². The Bertz CT molecular complexity index is 1270. The molecule has 49 heavy (non-hydrogen) atoms. The number of aliphatic hydroxyl groups is 1. The summed E-state index contributed by atoms with van der Waals surface area (Å²) in [6.07, 6.45) is 19.4. The Labute approximate surface area is 296 Å². The lowest BCUT2D eigenvalue weighted by atomic mass is 9.44. The molecule has 0 bridgehead atoms. The number of fused-ring (bicyclic) bond motifs is 5. The van der Waals surface area contributed by atoms with Crippen LogP contribution in [0.4, 0.5) is 13.2 Å². The minimum Gasteiger partial charge on any atom is -0.449 e. The first-order valence-electron chi connectivity index (χ1n) is 18.9. The quantitative estimate of drug-likeness (QED) is 0.0868. The van der Waals surface area contributed by atoms with E-state index in [9.17, 15) is 23.9 Å². The third-order valence-electron chi connectivity index (χ3n) is 12.6. The SMILES string of the molecule is CCCCCCCC/C=C/CCCCCCCC(=O)O[C@]1(C(=O)SCF)[C@H](C)C[C@H]2[C@@H]3C[C@H](F)C4=CC(=O)C=C[C@]4(C)[C@@]3(F)[C@@H](O)C[C@@]21C. The summed E-state index contributed by atoms with van der Waals surface area (Å²) in [5, 5.41) is 11.0. The van der Waals surface area contributed by atoms with Gasteiger partial charge in [0.2, 0.25) is 5.12 Å². The number of unbranched alkanes of at least 4 members (excludes halogenated alkanes) is 11. The van der Waals surface area contributed by atoms with Crippen molar-refractivity contribution in [1.29, 1.82) is 0 Å².